The second-order valence-electron chi connectivity index (χ2n) is 5.36. The number of rotatable bonds is 6. The van der Waals surface area contributed by atoms with E-state index in [0.29, 0.717) is 11.3 Å². The Kier molecular flexibility index (Phi) is 7.01. The maximum Gasteiger partial charge on any atom is 0.331 e. The molecule has 1 N–H and O–H groups in total. The largest absolute Gasteiger partial charge is 0.449 e. The second kappa shape index (κ2) is 9.44. The fraction of sp³-hybridized carbons (Fsp3) is 0.150. The third-order valence-electron chi connectivity index (χ3n) is 3.47. The summed E-state index contributed by atoms with van der Waals surface area (Å²) in [5, 5.41) is 11.4. The lowest BCUT2D eigenvalue weighted by Crippen LogP contribution is -2.29. The molecule has 1 atom stereocenters. The molecule has 2 aromatic carbocycles. The lowest BCUT2D eigenvalue weighted by Gasteiger charge is -2.12. The summed E-state index contributed by atoms with van der Waals surface area (Å²) in [6.45, 7) is 1.50. The molecule has 2 rings (SSSR count). The Balaban J connectivity index is 1.87. The van der Waals surface area contributed by atoms with Crippen LogP contribution in [0.15, 0.2) is 59.5 Å². The van der Waals surface area contributed by atoms with Crippen LogP contribution in [-0.4, -0.2) is 24.2 Å². The summed E-state index contributed by atoms with van der Waals surface area (Å²) < 4.78 is 5.10. The molecule has 0 aliphatic heterocycles. The summed E-state index contributed by atoms with van der Waals surface area (Å²) in [5.74, 6) is -1.04. The third kappa shape index (κ3) is 5.80. The van der Waals surface area contributed by atoms with Crippen LogP contribution in [0.2, 0.25) is 0 Å². The molecule has 5 nitrogen and oxygen atoms in total. The van der Waals surface area contributed by atoms with Crippen molar-refractivity contribution in [2.24, 2.45) is 0 Å². The first kappa shape index (κ1) is 19.3. The molecule has 0 saturated heterocycles. The molecule has 0 spiro atoms. The fourth-order valence-electron chi connectivity index (χ4n) is 2.02. The van der Waals surface area contributed by atoms with Crippen molar-refractivity contribution in [2.75, 3.05) is 11.6 Å². The predicted octanol–water partition coefficient (Wildman–Crippen LogP) is 3.86. The highest BCUT2D eigenvalue weighted by atomic mass is 32.2. The number of carbonyl (C=O) groups is 2. The third-order valence-corrected chi connectivity index (χ3v) is 4.21. The second-order valence-corrected chi connectivity index (χ2v) is 6.24. The van der Waals surface area contributed by atoms with E-state index in [-0.39, 0.29) is 0 Å². The van der Waals surface area contributed by atoms with Crippen LogP contribution in [-0.2, 0) is 14.3 Å². The van der Waals surface area contributed by atoms with Crippen LogP contribution in [0.1, 0.15) is 18.1 Å². The molecule has 0 aromatic heterocycles. The Bertz CT molecular complexity index is 837. The van der Waals surface area contributed by atoms with E-state index in [9.17, 15) is 9.59 Å². The van der Waals surface area contributed by atoms with Gasteiger partial charge in [0.1, 0.15) is 0 Å². The molecule has 0 fully saturated rings. The summed E-state index contributed by atoms with van der Waals surface area (Å²) in [5.41, 5.74) is 1.90. The first-order valence-electron chi connectivity index (χ1n) is 7.85. The number of hydrogen-bond acceptors (Lipinski definition) is 5. The number of thioether (sulfide) groups is 1. The van der Waals surface area contributed by atoms with Crippen molar-refractivity contribution >= 4 is 35.4 Å². The molecular formula is C20H18N2O3S. The normalized spacial score (nSPS) is 11.6. The molecule has 1 amide bonds. The summed E-state index contributed by atoms with van der Waals surface area (Å²) in [7, 11) is 0. The molecule has 0 radical (unpaired) electrons. The van der Waals surface area contributed by atoms with Gasteiger partial charge in [-0.2, -0.15) is 5.26 Å². The van der Waals surface area contributed by atoms with E-state index in [0.717, 1.165) is 10.5 Å². The van der Waals surface area contributed by atoms with Crippen molar-refractivity contribution in [3.05, 3.63) is 65.7 Å². The summed E-state index contributed by atoms with van der Waals surface area (Å²) in [6, 6.07) is 16.1. The molecular weight excluding hydrogens is 348 g/mol. The number of ether oxygens (including phenoxy) is 1. The van der Waals surface area contributed by atoms with Crippen molar-refractivity contribution in [3.63, 3.8) is 0 Å². The van der Waals surface area contributed by atoms with Crippen LogP contribution in [0.5, 0.6) is 0 Å². The van der Waals surface area contributed by atoms with Gasteiger partial charge in [0.2, 0.25) is 0 Å². The summed E-state index contributed by atoms with van der Waals surface area (Å²) in [6.07, 6.45) is 3.98. The van der Waals surface area contributed by atoms with E-state index in [4.69, 9.17) is 10.00 Å². The quantitative estimate of drug-likeness (QED) is 0.477. The minimum Gasteiger partial charge on any atom is -0.449 e. The van der Waals surface area contributed by atoms with E-state index in [1.807, 2.05) is 36.6 Å². The van der Waals surface area contributed by atoms with E-state index in [2.05, 4.69) is 5.32 Å². The Hall–Kier alpha value is -3.04. The van der Waals surface area contributed by atoms with Gasteiger partial charge in [0.25, 0.3) is 5.91 Å². The Morgan fingerprint density at radius 2 is 1.81 bits per heavy atom. The van der Waals surface area contributed by atoms with Gasteiger partial charge in [-0.05, 0) is 61.2 Å². The number of amides is 1. The topological polar surface area (TPSA) is 79.2 Å². The van der Waals surface area contributed by atoms with Crippen LogP contribution in [0.4, 0.5) is 5.69 Å². The average molecular weight is 366 g/mol. The SMILES string of the molecule is CSc1ccc(/C=C/C(=O)O[C@H](C)C(=O)Nc2ccc(C#N)cc2)cc1. The van der Waals surface area contributed by atoms with Gasteiger partial charge in [0.15, 0.2) is 6.10 Å². The number of carbonyl (C=O) groups excluding carboxylic acids is 2. The zero-order chi connectivity index (χ0) is 18.9. The lowest BCUT2D eigenvalue weighted by atomic mass is 10.2. The van der Waals surface area contributed by atoms with Gasteiger partial charge in [-0.1, -0.05) is 12.1 Å². The van der Waals surface area contributed by atoms with Crippen molar-refractivity contribution in [1.82, 2.24) is 0 Å². The molecule has 26 heavy (non-hydrogen) atoms. The van der Waals surface area contributed by atoms with Crippen LogP contribution in [0.3, 0.4) is 0 Å². The first-order valence-corrected chi connectivity index (χ1v) is 9.08. The van der Waals surface area contributed by atoms with Crippen molar-refractivity contribution in [2.45, 2.75) is 17.9 Å². The van der Waals surface area contributed by atoms with E-state index in [1.165, 1.54) is 13.0 Å². The molecule has 2 aromatic rings. The number of esters is 1. The number of nitriles is 1. The number of nitrogens with zero attached hydrogens (tertiary/aromatic N) is 1. The maximum atomic E-state index is 12.1. The van der Waals surface area contributed by atoms with Crippen LogP contribution >= 0.6 is 11.8 Å². The van der Waals surface area contributed by atoms with Gasteiger partial charge in [0.05, 0.1) is 11.6 Å². The molecule has 6 heteroatoms. The minimum atomic E-state index is -0.943. The molecule has 0 unspecified atom stereocenters. The zero-order valence-corrected chi connectivity index (χ0v) is 15.2. The lowest BCUT2D eigenvalue weighted by molar-refractivity contribution is -0.148. The first-order chi connectivity index (χ1) is 12.5. The van der Waals surface area contributed by atoms with Gasteiger partial charge < -0.3 is 10.1 Å². The monoisotopic (exact) mass is 366 g/mol. The Morgan fingerprint density at radius 3 is 2.38 bits per heavy atom. The number of anilines is 1. The molecule has 0 bridgehead atoms. The molecule has 0 saturated carbocycles. The summed E-state index contributed by atoms with van der Waals surface area (Å²) in [4.78, 5) is 25.1. The smallest absolute Gasteiger partial charge is 0.331 e. The van der Waals surface area contributed by atoms with Gasteiger partial charge in [-0.25, -0.2) is 4.79 Å². The van der Waals surface area contributed by atoms with Crippen molar-refractivity contribution < 1.29 is 14.3 Å². The maximum absolute atomic E-state index is 12.1. The van der Waals surface area contributed by atoms with E-state index >= 15 is 0 Å². The van der Waals surface area contributed by atoms with Crippen LogP contribution in [0, 0.1) is 11.3 Å². The minimum absolute atomic E-state index is 0.444. The predicted molar refractivity (Wildman–Crippen MR) is 103 cm³/mol. The standard InChI is InChI=1S/C20H18N2O3S/c1-14(20(24)22-17-8-3-16(13-21)4-9-17)25-19(23)12-7-15-5-10-18(26-2)11-6-15/h3-12,14H,1-2H3,(H,22,24)/b12-7+/t14-/m1/s1. The molecule has 0 aliphatic rings. The Labute approximate surface area is 156 Å². The van der Waals surface area contributed by atoms with Gasteiger partial charge in [-0.15, -0.1) is 11.8 Å². The zero-order valence-electron chi connectivity index (χ0n) is 14.4. The van der Waals surface area contributed by atoms with Crippen LogP contribution in [0.25, 0.3) is 6.08 Å². The van der Waals surface area contributed by atoms with Gasteiger partial charge in [-0.3, -0.25) is 4.79 Å². The highest BCUT2D eigenvalue weighted by Gasteiger charge is 2.16. The number of hydrogen-bond donors (Lipinski definition) is 1. The molecule has 0 aliphatic carbocycles. The van der Waals surface area contributed by atoms with Gasteiger partial charge in [0, 0.05) is 16.7 Å². The van der Waals surface area contributed by atoms with Crippen molar-refractivity contribution in [1.29, 1.82) is 5.26 Å². The number of benzene rings is 2. The molecule has 0 heterocycles. The van der Waals surface area contributed by atoms with E-state index < -0.39 is 18.0 Å². The van der Waals surface area contributed by atoms with E-state index in [1.54, 1.807) is 42.1 Å². The highest BCUT2D eigenvalue weighted by Crippen LogP contribution is 2.15. The number of nitrogens with one attached hydrogen (secondary N) is 1. The van der Waals surface area contributed by atoms with Gasteiger partial charge >= 0.3 is 5.97 Å². The molecule has 132 valence electrons. The van der Waals surface area contributed by atoms with Crippen LogP contribution < -0.4 is 5.32 Å². The average Bonchev–Trinajstić information content (AvgIpc) is 2.67. The Morgan fingerprint density at radius 1 is 1.15 bits per heavy atom. The highest BCUT2D eigenvalue weighted by molar-refractivity contribution is 7.98. The van der Waals surface area contributed by atoms with Crippen molar-refractivity contribution in [3.8, 4) is 6.07 Å². The fourth-order valence-corrected chi connectivity index (χ4v) is 2.43. The summed E-state index contributed by atoms with van der Waals surface area (Å²) >= 11 is 1.64.